The Kier molecular flexibility index (Phi) is 2.96. The first-order valence-electron chi connectivity index (χ1n) is 6.11. The molecule has 0 bridgehead atoms. The Morgan fingerprint density at radius 3 is 2.81 bits per heavy atom. The summed E-state index contributed by atoms with van der Waals surface area (Å²) in [6.07, 6.45) is 5.92. The lowest BCUT2D eigenvalue weighted by molar-refractivity contribution is -0.261. The second-order valence-electron chi connectivity index (χ2n) is 5.39. The summed E-state index contributed by atoms with van der Waals surface area (Å²) in [6, 6.07) is 0. The molecule has 16 heavy (non-hydrogen) atoms. The maximum atomic E-state index is 11.4. The average molecular weight is 224 g/mol. The number of hydrogen-bond donors (Lipinski definition) is 0. The van der Waals surface area contributed by atoms with Gasteiger partial charge in [-0.05, 0) is 24.7 Å². The van der Waals surface area contributed by atoms with Crippen molar-refractivity contribution in [3.8, 4) is 0 Å². The minimum Gasteiger partial charge on any atom is -0.459 e. The lowest BCUT2D eigenvalue weighted by Gasteiger charge is -2.46. The van der Waals surface area contributed by atoms with Crippen molar-refractivity contribution in [3.05, 3.63) is 12.3 Å². The van der Waals surface area contributed by atoms with Crippen LogP contribution in [0.25, 0.3) is 0 Å². The summed E-state index contributed by atoms with van der Waals surface area (Å²) in [5, 5.41) is 0. The molecule has 0 saturated heterocycles. The molecule has 1 spiro atoms. The Labute approximate surface area is 96.8 Å². The van der Waals surface area contributed by atoms with Crippen molar-refractivity contribution in [1.82, 2.24) is 0 Å². The van der Waals surface area contributed by atoms with Gasteiger partial charge in [0.25, 0.3) is 5.79 Å². The van der Waals surface area contributed by atoms with Crippen LogP contribution >= 0.6 is 0 Å². The van der Waals surface area contributed by atoms with Crippen LogP contribution in [-0.2, 0) is 14.3 Å². The number of rotatable bonds is 1. The van der Waals surface area contributed by atoms with Gasteiger partial charge in [0.15, 0.2) is 0 Å². The summed E-state index contributed by atoms with van der Waals surface area (Å²) in [7, 11) is 0. The van der Waals surface area contributed by atoms with E-state index in [0.717, 1.165) is 12.8 Å². The summed E-state index contributed by atoms with van der Waals surface area (Å²) in [4.78, 5) is 11.4. The highest BCUT2D eigenvalue weighted by molar-refractivity contribution is 5.82. The molecule has 0 radical (unpaired) electrons. The van der Waals surface area contributed by atoms with E-state index in [-0.39, 0.29) is 5.97 Å². The standard InChI is InChI=1S/C13H20O3/c1-9(2)11-5-4-10(3)8-13(11)15-7-6-12(14)16-13/h6-7,9-11H,4-5,8H2,1-3H3/t10-,11+,13-/m1/s1. The lowest BCUT2D eigenvalue weighted by Crippen LogP contribution is -2.51. The highest BCUT2D eigenvalue weighted by Gasteiger charge is 2.50. The van der Waals surface area contributed by atoms with E-state index in [9.17, 15) is 4.79 Å². The van der Waals surface area contributed by atoms with Gasteiger partial charge in [-0.2, -0.15) is 0 Å². The molecule has 3 heteroatoms. The monoisotopic (exact) mass is 224 g/mol. The van der Waals surface area contributed by atoms with Crippen LogP contribution < -0.4 is 0 Å². The molecule has 1 aliphatic heterocycles. The first-order chi connectivity index (χ1) is 7.53. The maximum absolute atomic E-state index is 11.4. The molecular formula is C13H20O3. The Morgan fingerprint density at radius 1 is 1.44 bits per heavy atom. The van der Waals surface area contributed by atoms with Gasteiger partial charge in [0, 0.05) is 12.3 Å². The van der Waals surface area contributed by atoms with E-state index in [2.05, 4.69) is 20.8 Å². The predicted octanol–water partition coefficient (Wildman–Crippen LogP) is 2.86. The number of carbonyl (C=O) groups excluding carboxylic acids is 1. The SMILES string of the molecule is CC(C)[C@@H]1CC[C@@H](C)C[C@]12OC=CC(=O)O2. The van der Waals surface area contributed by atoms with Gasteiger partial charge in [-0.15, -0.1) is 0 Å². The van der Waals surface area contributed by atoms with Gasteiger partial charge < -0.3 is 9.47 Å². The maximum Gasteiger partial charge on any atom is 0.337 e. The fourth-order valence-corrected chi connectivity index (χ4v) is 2.95. The van der Waals surface area contributed by atoms with E-state index < -0.39 is 5.79 Å². The van der Waals surface area contributed by atoms with Crippen molar-refractivity contribution in [2.75, 3.05) is 0 Å². The Balaban J connectivity index is 2.25. The first kappa shape index (κ1) is 11.5. The van der Waals surface area contributed by atoms with Gasteiger partial charge in [-0.1, -0.05) is 20.8 Å². The molecule has 0 aromatic carbocycles. The summed E-state index contributed by atoms with van der Waals surface area (Å²) >= 11 is 0. The molecule has 1 saturated carbocycles. The van der Waals surface area contributed by atoms with E-state index >= 15 is 0 Å². The number of esters is 1. The van der Waals surface area contributed by atoms with E-state index in [1.54, 1.807) is 0 Å². The molecule has 2 rings (SSSR count). The smallest absolute Gasteiger partial charge is 0.337 e. The van der Waals surface area contributed by atoms with Gasteiger partial charge in [-0.25, -0.2) is 4.79 Å². The Morgan fingerprint density at radius 2 is 2.19 bits per heavy atom. The molecular weight excluding hydrogens is 204 g/mol. The minimum absolute atomic E-state index is 0.272. The van der Waals surface area contributed by atoms with Crippen LogP contribution in [0.3, 0.4) is 0 Å². The third kappa shape index (κ3) is 1.95. The zero-order valence-electron chi connectivity index (χ0n) is 10.2. The van der Waals surface area contributed by atoms with Crippen molar-refractivity contribution >= 4 is 5.97 Å². The van der Waals surface area contributed by atoms with Crippen LogP contribution in [0.2, 0.25) is 0 Å². The zero-order valence-corrected chi connectivity index (χ0v) is 10.2. The van der Waals surface area contributed by atoms with Crippen molar-refractivity contribution < 1.29 is 14.3 Å². The molecule has 0 aromatic rings. The molecule has 3 atom stereocenters. The van der Waals surface area contributed by atoms with Crippen LogP contribution in [0.1, 0.15) is 40.0 Å². The predicted molar refractivity (Wildman–Crippen MR) is 60.4 cm³/mol. The zero-order chi connectivity index (χ0) is 11.8. The van der Waals surface area contributed by atoms with E-state index in [0.29, 0.717) is 17.8 Å². The van der Waals surface area contributed by atoms with Gasteiger partial charge >= 0.3 is 5.97 Å². The molecule has 1 fully saturated rings. The fraction of sp³-hybridized carbons (Fsp3) is 0.769. The third-order valence-corrected chi connectivity index (χ3v) is 3.72. The average Bonchev–Trinajstić information content (AvgIpc) is 2.16. The second kappa shape index (κ2) is 4.11. The molecule has 1 heterocycles. The van der Waals surface area contributed by atoms with Crippen LogP contribution in [-0.4, -0.2) is 11.8 Å². The molecule has 90 valence electrons. The van der Waals surface area contributed by atoms with Crippen molar-refractivity contribution in [3.63, 3.8) is 0 Å². The first-order valence-corrected chi connectivity index (χ1v) is 6.11. The largest absolute Gasteiger partial charge is 0.459 e. The Bertz CT molecular complexity index is 308. The normalized spacial score (nSPS) is 38.6. The van der Waals surface area contributed by atoms with E-state index in [1.807, 2.05) is 0 Å². The summed E-state index contributed by atoms with van der Waals surface area (Å²) in [6.45, 7) is 6.52. The number of ether oxygens (including phenoxy) is 2. The second-order valence-corrected chi connectivity index (χ2v) is 5.39. The molecule has 0 unspecified atom stereocenters. The fourth-order valence-electron chi connectivity index (χ4n) is 2.95. The van der Waals surface area contributed by atoms with Crippen LogP contribution in [0.5, 0.6) is 0 Å². The third-order valence-electron chi connectivity index (χ3n) is 3.72. The van der Waals surface area contributed by atoms with E-state index in [4.69, 9.17) is 9.47 Å². The number of carbonyl (C=O) groups is 1. The molecule has 1 aliphatic carbocycles. The van der Waals surface area contributed by atoms with Gasteiger partial charge in [0.05, 0.1) is 12.3 Å². The van der Waals surface area contributed by atoms with E-state index in [1.165, 1.54) is 18.8 Å². The highest BCUT2D eigenvalue weighted by atomic mass is 16.7. The molecule has 2 aliphatic rings. The van der Waals surface area contributed by atoms with Crippen molar-refractivity contribution in [2.45, 2.75) is 45.8 Å². The summed E-state index contributed by atoms with van der Waals surface area (Å²) < 4.78 is 11.2. The quantitative estimate of drug-likeness (QED) is 0.642. The van der Waals surface area contributed by atoms with Crippen LogP contribution in [0.4, 0.5) is 0 Å². The van der Waals surface area contributed by atoms with Crippen LogP contribution in [0, 0.1) is 17.8 Å². The van der Waals surface area contributed by atoms with Gasteiger partial charge in [0.1, 0.15) is 0 Å². The lowest BCUT2D eigenvalue weighted by atomic mass is 9.72. The number of hydrogen-bond acceptors (Lipinski definition) is 3. The topological polar surface area (TPSA) is 35.5 Å². The van der Waals surface area contributed by atoms with Gasteiger partial charge in [-0.3, -0.25) is 0 Å². The van der Waals surface area contributed by atoms with Crippen molar-refractivity contribution in [2.24, 2.45) is 17.8 Å². The molecule has 0 amide bonds. The van der Waals surface area contributed by atoms with Crippen molar-refractivity contribution in [1.29, 1.82) is 0 Å². The minimum atomic E-state index is -0.697. The Hall–Kier alpha value is -0.990. The van der Waals surface area contributed by atoms with Gasteiger partial charge in [0.2, 0.25) is 0 Å². The summed E-state index contributed by atoms with van der Waals surface area (Å²) in [5.74, 6) is 0.349. The van der Waals surface area contributed by atoms with Crippen LogP contribution in [0.15, 0.2) is 12.3 Å². The molecule has 0 aromatic heterocycles. The molecule has 3 nitrogen and oxygen atoms in total. The summed E-state index contributed by atoms with van der Waals surface area (Å²) in [5.41, 5.74) is 0. The highest BCUT2D eigenvalue weighted by Crippen LogP contribution is 2.45. The molecule has 0 N–H and O–H groups in total.